The van der Waals surface area contributed by atoms with Gasteiger partial charge in [-0.05, 0) is 62.4 Å². The van der Waals surface area contributed by atoms with E-state index in [0.29, 0.717) is 5.92 Å². The molecule has 0 aromatic carbocycles. The Morgan fingerprint density at radius 1 is 1.11 bits per heavy atom. The van der Waals surface area contributed by atoms with Gasteiger partial charge in [0.2, 0.25) is 0 Å². The molecule has 3 aromatic rings. The van der Waals surface area contributed by atoms with Gasteiger partial charge in [0.05, 0.1) is 21.6 Å². The summed E-state index contributed by atoms with van der Waals surface area (Å²) in [5.74, 6) is 2.26. The first-order valence-electron chi connectivity index (χ1n) is 9.24. The molecule has 1 aliphatic rings. The maximum atomic E-state index is 9.07. The van der Waals surface area contributed by atoms with Crippen molar-refractivity contribution in [2.24, 2.45) is 5.92 Å². The summed E-state index contributed by atoms with van der Waals surface area (Å²) >= 11 is 1.72. The van der Waals surface area contributed by atoms with Crippen LogP contribution in [0.4, 0.5) is 11.6 Å². The van der Waals surface area contributed by atoms with Crippen molar-refractivity contribution in [1.29, 1.82) is 5.26 Å². The zero-order valence-electron chi connectivity index (χ0n) is 15.2. The van der Waals surface area contributed by atoms with Crippen LogP contribution in [-0.2, 0) is 0 Å². The van der Waals surface area contributed by atoms with Crippen LogP contribution < -0.4 is 5.32 Å². The minimum absolute atomic E-state index is 0.223. The van der Waals surface area contributed by atoms with Crippen LogP contribution in [0.2, 0.25) is 0 Å². The highest BCUT2D eigenvalue weighted by Gasteiger charge is 2.24. The van der Waals surface area contributed by atoms with Gasteiger partial charge in [-0.15, -0.1) is 11.3 Å². The van der Waals surface area contributed by atoms with E-state index in [-0.39, 0.29) is 5.92 Å². The summed E-state index contributed by atoms with van der Waals surface area (Å²) in [6.45, 7) is 2.04. The molecule has 0 radical (unpaired) electrons. The Bertz CT molecular complexity index is 966. The lowest BCUT2D eigenvalue weighted by Crippen LogP contribution is -2.11. The summed E-state index contributed by atoms with van der Waals surface area (Å²) in [6, 6.07) is 12.3. The molecule has 0 spiro atoms. The fourth-order valence-corrected chi connectivity index (χ4v) is 4.50. The van der Waals surface area contributed by atoms with E-state index in [9.17, 15) is 0 Å². The van der Waals surface area contributed by atoms with Crippen LogP contribution in [0.5, 0.6) is 0 Å². The lowest BCUT2D eigenvalue weighted by molar-refractivity contribution is 0.381. The maximum absolute atomic E-state index is 9.07. The third kappa shape index (κ3) is 4.15. The van der Waals surface area contributed by atoms with Gasteiger partial charge in [0.25, 0.3) is 0 Å². The molecular formula is C21H21N5S. The molecule has 1 N–H and O–H groups in total. The monoisotopic (exact) mass is 375 g/mol. The van der Waals surface area contributed by atoms with Gasteiger partial charge in [0.1, 0.15) is 11.6 Å². The van der Waals surface area contributed by atoms with Crippen molar-refractivity contribution in [3.8, 4) is 16.6 Å². The molecule has 0 amide bonds. The van der Waals surface area contributed by atoms with E-state index in [0.717, 1.165) is 53.5 Å². The van der Waals surface area contributed by atoms with Gasteiger partial charge in [0, 0.05) is 24.2 Å². The molecule has 136 valence electrons. The highest BCUT2D eigenvalue weighted by Crippen LogP contribution is 2.39. The van der Waals surface area contributed by atoms with Crippen LogP contribution in [0.1, 0.15) is 42.2 Å². The van der Waals surface area contributed by atoms with Crippen molar-refractivity contribution in [2.75, 3.05) is 5.32 Å². The highest BCUT2D eigenvalue weighted by atomic mass is 32.1. The molecule has 0 atom stereocenters. The molecule has 0 aliphatic heterocycles. The van der Waals surface area contributed by atoms with Crippen LogP contribution in [0.3, 0.4) is 0 Å². The zero-order chi connectivity index (χ0) is 18.6. The number of rotatable bonds is 4. The zero-order valence-corrected chi connectivity index (χ0v) is 16.0. The molecule has 1 saturated carbocycles. The number of pyridine rings is 2. The van der Waals surface area contributed by atoms with E-state index in [1.54, 1.807) is 17.5 Å². The second kappa shape index (κ2) is 7.85. The number of anilines is 2. The minimum Gasteiger partial charge on any atom is -0.325 e. The van der Waals surface area contributed by atoms with Gasteiger partial charge in [-0.1, -0.05) is 6.07 Å². The third-order valence-corrected chi connectivity index (χ3v) is 6.14. The largest absolute Gasteiger partial charge is 0.325 e. The minimum atomic E-state index is 0.223. The topological polar surface area (TPSA) is 74.5 Å². The van der Waals surface area contributed by atoms with Gasteiger partial charge in [-0.2, -0.15) is 5.26 Å². The predicted molar refractivity (Wildman–Crippen MR) is 108 cm³/mol. The first kappa shape index (κ1) is 17.6. The molecule has 0 unspecified atom stereocenters. The quantitative estimate of drug-likeness (QED) is 0.656. The average Bonchev–Trinajstić information content (AvgIpc) is 3.19. The summed E-state index contributed by atoms with van der Waals surface area (Å²) in [4.78, 5) is 14.8. The molecule has 0 saturated heterocycles. The molecule has 3 heterocycles. The molecule has 27 heavy (non-hydrogen) atoms. The van der Waals surface area contributed by atoms with E-state index in [4.69, 9.17) is 10.2 Å². The Morgan fingerprint density at radius 2 is 1.96 bits per heavy atom. The molecule has 4 rings (SSSR count). The third-order valence-electron chi connectivity index (χ3n) is 4.96. The van der Waals surface area contributed by atoms with Crippen molar-refractivity contribution in [3.63, 3.8) is 0 Å². The fraction of sp³-hybridized carbons (Fsp3) is 0.333. The standard InChI is InChI=1S/C21H21N5S/c1-14-9-10-23-20(11-14)26-19-4-2-3-17(25-19)18-13-24-21(27-18)16-7-5-15(12-22)6-8-16/h2-4,9-11,13,15-16H,5-8H2,1H3,(H,23,25,26)/t15-,16-. The summed E-state index contributed by atoms with van der Waals surface area (Å²) in [7, 11) is 0. The van der Waals surface area contributed by atoms with E-state index >= 15 is 0 Å². The Balaban J connectivity index is 1.49. The van der Waals surface area contributed by atoms with E-state index < -0.39 is 0 Å². The Hall–Kier alpha value is -2.78. The number of hydrogen-bond donors (Lipinski definition) is 1. The molecule has 1 fully saturated rings. The number of nitrogens with one attached hydrogen (secondary N) is 1. The van der Waals surface area contributed by atoms with Crippen LogP contribution in [-0.4, -0.2) is 15.0 Å². The number of hydrogen-bond acceptors (Lipinski definition) is 6. The van der Waals surface area contributed by atoms with Crippen LogP contribution in [0, 0.1) is 24.2 Å². The van der Waals surface area contributed by atoms with Crippen molar-refractivity contribution in [3.05, 3.63) is 53.3 Å². The average molecular weight is 376 g/mol. The van der Waals surface area contributed by atoms with Crippen molar-refractivity contribution in [2.45, 2.75) is 38.5 Å². The van der Waals surface area contributed by atoms with E-state index in [2.05, 4.69) is 21.4 Å². The first-order chi connectivity index (χ1) is 13.2. The number of nitriles is 1. The summed E-state index contributed by atoms with van der Waals surface area (Å²) in [6.07, 6.45) is 7.79. The van der Waals surface area contributed by atoms with E-state index in [1.165, 1.54) is 5.01 Å². The highest BCUT2D eigenvalue weighted by molar-refractivity contribution is 7.15. The fourth-order valence-electron chi connectivity index (χ4n) is 3.44. The summed E-state index contributed by atoms with van der Waals surface area (Å²) in [5, 5.41) is 13.5. The number of thiazole rings is 1. The molecule has 5 nitrogen and oxygen atoms in total. The van der Waals surface area contributed by atoms with Crippen LogP contribution >= 0.6 is 11.3 Å². The number of aryl methyl sites for hydroxylation is 1. The maximum Gasteiger partial charge on any atom is 0.132 e. The smallest absolute Gasteiger partial charge is 0.132 e. The van der Waals surface area contributed by atoms with Crippen molar-refractivity contribution in [1.82, 2.24) is 15.0 Å². The summed E-state index contributed by atoms with van der Waals surface area (Å²) in [5.41, 5.74) is 2.07. The van der Waals surface area contributed by atoms with Gasteiger partial charge in [-0.25, -0.2) is 15.0 Å². The van der Waals surface area contributed by atoms with Gasteiger partial charge in [-0.3, -0.25) is 0 Å². The van der Waals surface area contributed by atoms with Crippen LogP contribution in [0.25, 0.3) is 10.6 Å². The van der Waals surface area contributed by atoms with E-state index in [1.807, 2.05) is 43.5 Å². The Labute approximate surface area is 163 Å². The Morgan fingerprint density at radius 3 is 2.74 bits per heavy atom. The second-order valence-corrected chi connectivity index (χ2v) is 8.05. The van der Waals surface area contributed by atoms with Gasteiger partial charge in [0.15, 0.2) is 0 Å². The lowest BCUT2D eigenvalue weighted by Gasteiger charge is -2.22. The predicted octanol–water partition coefficient (Wildman–Crippen LogP) is 5.45. The molecule has 3 aromatic heterocycles. The van der Waals surface area contributed by atoms with Crippen molar-refractivity contribution >= 4 is 23.0 Å². The van der Waals surface area contributed by atoms with Crippen molar-refractivity contribution < 1.29 is 0 Å². The normalized spacial score (nSPS) is 19.4. The molecular weight excluding hydrogens is 354 g/mol. The molecule has 0 bridgehead atoms. The SMILES string of the molecule is Cc1ccnc(Nc2cccc(-c3cnc([C@H]4CC[C@H](C#N)CC4)s3)n2)c1. The molecule has 1 aliphatic carbocycles. The second-order valence-electron chi connectivity index (χ2n) is 6.99. The number of aromatic nitrogens is 3. The van der Waals surface area contributed by atoms with Gasteiger partial charge >= 0.3 is 0 Å². The summed E-state index contributed by atoms with van der Waals surface area (Å²) < 4.78 is 0. The first-order valence-corrected chi connectivity index (χ1v) is 10.1. The van der Waals surface area contributed by atoms with Gasteiger partial charge < -0.3 is 5.32 Å². The van der Waals surface area contributed by atoms with Crippen LogP contribution in [0.15, 0.2) is 42.7 Å². The number of nitrogens with zero attached hydrogens (tertiary/aromatic N) is 4. The molecule has 6 heteroatoms. The lowest BCUT2D eigenvalue weighted by atomic mass is 9.83. The Kier molecular flexibility index (Phi) is 5.12.